The molecule has 1 amide bonds. The highest BCUT2D eigenvalue weighted by molar-refractivity contribution is 5.88. The highest BCUT2D eigenvalue weighted by atomic mass is 16.5. The van der Waals surface area contributed by atoms with Crippen LogP contribution in [-0.4, -0.2) is 19.0 Å². The average Bonchev–Trinajstić information content (AvgIpc) is 2.83. The van der Waals surface area contributed by atoms with Gasteiger partial charge in [-0.2, -0.15) is 0 Å². The average molecular weight is 411 g/mol. The first kappa shape index (κ1) is 20.6. The largest absolute Gasteiger partial charge is 0.488 e. The third kappa shape index (κ3) is 4.93. The van der Waals surface area contributed by atoms with E-state index in [1.807, 2.05) is 54.6 Å². The second-order valence-electron chi connectivity index (χ2n) is 7.59. The molecule has 156 valence electrons. The van der Waals surface area contributed by atoms with Crippen molar-refractivity contribution in [1.82, 2.24) is 5.32 Å². The summed E-state index contributed by atoms with van der Waals surface area (Å²) in [4.78, 5) is 11.9. The van der Waals surface area contributed by atoms with Gasteiger partial charge in [-0.05, 0) is 52.1 Å². The molecule has 0 bridgehead atoms. The Kier molecular flexibility index (Phi) is 6.29. The van der Waals surface area contributed by atoms with Crippen molar-refractivity contribution in [2.45, 2.75) is 19.1 Å². The van der Waals surface area contributed by atoms with E-state index in [1.165, 1.54) is 10.8 Å². The van der Waals surface area contributed by atoms with Crippen LogP contribution in [0.2, 0.25) is 0 Å². The number of ether oxygens (including phenoxy) is 1. The number of carbonyl (C=O) groups excluding carboxylic acids is 1. The van der Waals surface area contributed by atoms with Crippen LogP contribution in [0.1, 0.15) is 11.1 Å². The summed E-state index contributed by atoms with van der Waals surface area (Å²) in [7, 11) is 1.60. The van der Waals surface area contributed by atoms with Crippen molar-refractivity contribution in [2.75, 3.05) is 7.05 Å². The number of carbonyl (C=O) groups is 1. The summed E-state index contributed by atoms with van der Waals surface area (Å²) in [5.41, 5.74) is 10.2. The van der Waals surface area contributed by atoms with Crippen LogP contribution < -0.4 is 15.8 Å². The first-order chi connectivity index (χ1) is 15.1. The minimum atomic E-state index is -0.592. The minimum absolute atomic E-state index is 0.170. The maximum Gasteiger partial charge on any atom is 0.237 e. The van der Waals surface area contributed by atoms with Crippen LogP contribution in [0.5, 0.6) is 5.75 Å². The maximum absolute atomic E-state index is 11.9. The zero-order valence-corrected chi connectivity index (χ0v) is 17.5. The molecule has 0 heterocycles. The van der Waals surface area contributed by atoms with Crippen LogP contribution in [0.25, 0.3) is 21.9 Å². The molecule has 0 fully saturated rings. The molecular weight excluding hydrogens is 384 g/mol. The van der Waals surface area contributed by atoms with Gasteiger partial charge in [0.1, 0.15) is 12.4 Å². The highest BCUT2D eigenvalue weighted by Crippen LogP contribution is 2.34. The van der Waals surface area contributed by atoms with E-state index in [4.69, 9.17) is 10.5 Å². The summed E-state index contributed by atoms with van der Waals surface area (Å²) in [6.45, 7) is 0.485. The molecule has 4 nitrogen and oxygen atoms in total. The molecule has 0 aliphatic heterocycles. The number of likely N-dealkylation sites (N-methyl/N-ethyl adjacent to an activating group) is 1. The Bertz CT molecular complexity index is 1190. The van der Waals surface area contributed by atoms with E-state index in [1.54, 1.807) is 7.05 Å². The topological polar surface area (TPSA) is 64.4 Å². The van der Waals surface area contributed by atoms with Crippen molar-refractivity contribution in [3.8, 4) is 16.9 Å². The van der Waals surface area contributed by atoms with Crippen molar-refractivity contribution in [1.29, 1.82) is 0 Å². The van der Waals surface area contributed by atoms with E-state index in [0.29, 0.717) is 13.0 Å². The van der Waals surface area contributed by atoms with Gasteiger partial charge in [0.05, 0.1) is 6.04 Å². The van der Waals surface area contributed by atoms with Gasteiger partial charge in [0, 0.05) is 12.6 Å². The van der Waals surface area contributed by atoms with Gasteiger partial charge in [-0.1, -0.05) is 72.8 Å². The number of fused-ring (bicyclic) bond motifs is 1. The second kappa shape index (κ2) is 9.45. The number of nitrogens with one attached hydrogen (secondary N) is 1. The van der Waals surface area contributed by atoms with Crippen LogP contribution in [-0.2, 0) is 17.8 Å². The lowest BCUT2D eigenvalue weighted by molar-refractivity contribution is -0.121. The van der Waals surface area contributed by atoms with Crippen molar-refractivity contribution < 1.29 is 9.53 Å². The van der Waals surface area contributed by atoms with Gasteiger partial charge in [-0.3, -0.25) is 4.79 Å². The minimum Gasteiger partial charge on any atom is -0.488 e. The Balaban J connectivity index is 1.70. The molecule has 4 aromatic carbocycles. The predicted octanol–water partition coefficient (Wildman–Crippen LogP) is 4.70. The first-order valence-corrected chi connectivity index (χ1v) is 10.4. The Hall–Kier alpha value is -3.63. The molecule has 0 saturated heterocycles. The SMILES string of the molecule is CNC(=O)[C@@H](N)Cc1ccc(OCc2ccccc2)c(-c2ccc3ccccc3c2)c1. The molecule has 1 atom stereocenters. The van der Waals surface area contributed by atoms with Crippen molar-refractivity contribution in [2.24, 2.45) is 5.73 Å². The van der Waals surface area contributed by atoms with E-state index in [9.17, 15) is 4.79 Å². The van der Waals surface area contributed by atoms with Gasteiger partial charge >= 0.3 is 0 Å². The smallest absolute Gasteiger partial charge is 0.237 e. The molecular formula is C27H26N2O2. The molecule has 4 rings (SSSR count). The standard InChI is InChI=1S/C27H26N2O2/c1-29-27(30)25(28)16-20-11-14-26(31-18-19-7-3-2-4-8-19)24(15-20)23-13-12-21-9-5-6-10-22(21)17-23/h2-15,17,25H,16,18,28H2,1H3,(H,29,30)/t25-/m0/s1. The van der Waals surface area contributed by atoms with Crippen LogP contribution in [0.4, 0.5) is 0 Å². The van der Waals surface area contributed by atoms with Gasteiger partial charge in [0.2, 0.25) is 5.91 Å². The summed E-state index contributed by atoms with van der Waals surface area (Å²) in [6.07, 6.45) is 0.458. The summed E-state index contributed by atoms with van der Waals surface area (Å²) < 4.78 is 6.21. The molecule has 0 aliphatic carbocycles. The number of nitrogens with two attached hydrogens (primary N) is 1. The summed E-state index contributed by atoms with van der Waals surface area (Å²) in [5.74, 6) is 0.632. The van der Waals surface area contributed by atoms with E-state index in [-0.39, 0.29) is 5.91 Å². The fraction of sp³-hybridized carbons (Fsp3) is 0.148. The van der Waals surface area contributed by atoms with E-state index in [2.05, 4.69) is 41.7 Å². The fourth-order valence-electron chi connectivity index (χ4n) is 3.68. The molecule has 31 heavy (non-hydrogen) atoms. The highest BCUT2D eigenvalue weighted by Gasteiger charge is 2.15. The predicted molar refractivity (Wildman–Crippen MR) is 126 cm³/mol. The lowest BCUT2D eigenvalue weighted by Crippen LogP contribution is -2.40. The molecule has 3 N–H and O–H groups in total. The van der Waals surface area contributed by atoms with Crippen LogP contribution >= 0.6 is 0 Å². The normalized spacial score (nSPS) is 11.8. The number of amides is 1. The van der Waals surface area contributed by atoms with E-state index >= 15 is 0 Å². The summed E-state index contributed by atoms with van der Waals surface area (Å²) in [5, 5.41) is 4.97. The van der Waals surface area contributed by atoms with Crippen molar-refractivity contribution >= 4 is 16.7 Å². The lowest BCUT2D eigenvalue weighted by Gasteiger charge is -2.16. The molecule has 0 spiro atoms. The number of rotatable bonds is 7. The first-order valence-electron chi connectivity index (χ1n) is 10.4. The third-order valence-electron chi connectivity index (χ3n) is 5.38. The van der Waals surface area contributed by atoms with Crippen molar-refractivity contribution in [3.05, 3.63) is 102 Å². The van der Waals surface area contributed by atoms with Crippen molar-refractivity contribution in [3.63, 3.8) is 0 Å². The molecule has 0 aromatic heterocycles. The van der Waals surface area contributed by atoms with E-state index in [0.717, 1.165) is 28.0 Å². The van der Waals surface area contributed by atoms with Crippen LogP contribution in [0.3, 0.4) is 0 Å². The summed E-state index contributed by atoms with van der Waals surface area (Å²) in [6, 6.07) is 30.2. The monoisotopic (exact) mass is 410 g/mol. The van der Waals surface area contributed by atoms with Gasteiger partial charge < -0.3 is 15.8 Å². The molecule has 0 radical (unpaired) electrons. The van der Waals surface area contributed by atoms with Gasteiger partial charge in [0.15, 0.2) is 0 Å². The lowest BCUT2D eigenvalue weighted by atomic mass is 9.96. The number of benzene rings is 4. The Morgan fingerprint density at radius 3 is 2.39 bits per heavy atom. The zero-order valence-electron chi connectivity index (χ0n) is 17.5. The molecule has 4 heteroatoms. The Morgan fingerprint density at radius 2 is 1.61 bits per heavy atom. The molecule has 4 aromatic rings. The second-order valence-corrected chi connectivity index (χ2v) is 7.59. The Labute approximate surface area is 182 Å². The number of hydrogen-bond acceptors (Lipinski definition) is 3. The third-order valence-corrected chi connectivity index (χ3v) is 5.38. The van der Waals surface area contributed by atoms with Gasteiger partial charge in [-0.15, -0.1) is 0 Å². The molecule has 0 aliphatic rings. The maximum atomic E-state index is 11.9. The molecule has 0 saturated carbocycles. The molecule has 0 unspecified atom stereocenters. The quantitative estimate of drug-likeness (QED) is 0.464. The van der Waals surface area contributed by atoms with Crippen LogP contribution in [0.15, 0.2) is 91.0 Å². The zero-order chi connectivity index (χ0) is 21.6. The van der Waals surface area contributed by atoms with Gasteiger partial charge in [0.25, 0.3) is 0 Å². The van der Waals surface area contributed by atoms with Gasteiger partial charge in [-0.25, -0.2) is 0 Å². The van der Waals surface area contributed by atoms with E-state index < -0.39 is 6.04 Å². The number of hydrogen-bond donors (Lipinski definition) is 2. The summed E-state index contributed by atoms with van der Waals surface area (Å²) >= 11 is 0. The Morgan fingerprint density at radius 1 is 0.871 bits per heavy atom. The fourth-order valence-corrected chi connectivity index (χ4v) is 3.68. The van der Waals surface area contributed by atoms with Crippen LogP contribution in [0, 0.1) is 0 Å².